The van der Waals surface area contributed by atoms with Gasteiger partial charge in [-0.05, 0) is 18.2 Å². The molecular formula is C6H4O6S2Sr. The van der Waals surface area contributed by atoms with Crippen molar-refractivity contribution >= 4 is 65.7 Å². The molecule has 1 aromatic rings. The molecule has 0 bridgehead atoms. The van der Waals surface area contributed by atoms with Crippen LogP contribution < -0.4 is 0 Å². The van der Waals surface area contributed by atoms with E-state index in [2.05, 4.69) is 0 Å². The summed E-state index contributed by atoms with van der Waals surface area (Å²) in [6.07, 6.45) is 0. The van der Waals surface area contributed by atoms with Gasteiger partial charge in [0.2, 0.25) is 0 Å². The Balaban J connectivity index is 0.00000196. The zero-order chi connectivity index (χ0) is 11.0. The van der Waals surface area contributed by atoms with Gasteiger partial charge in [0, 0.05) is 0 Å². The normalized spacial score (nSPS) is 11.9. The van der Waals surface area contributed by atoms with Gasteiger partial charge >= 0.3 is 45.5 Å². The Morgan fingerprint density at radius 2 is 1.20 bits per heavy atom. The van der Waals surface area contributed by atoms with Crippen LogP contribution in [0.1, 0.15) is 0 Å². The zero-order valence-corrected chi connectivity index (χ0v) is 12.4. The maximum atomic E-state index is 10.5. The molecule has 0 aromatic heterocycles. The Bertz CT molecular complexity index is 499. The zero-order valence-electron chi connectivity index (χ0n) is 7.28. The molecule has 0 saturated heterocycles. The van der Waals surface area contributed by atoms with Crippen LogP contribution in [0, 0.1) is 0 Å². The topological polar surface area (TPSA) is 114 Å². The van der Waals surface area contributed by atoms with Gasteiger partial charge in [-0.2, -0.15) is 0 Å². The molecular weight excluding hydrogens is 320 g/mol. The second-order valence-corrected chi connectivity index (χ2v) is 5.14. The van der Waals surface area contributed by atoms with Crippen molar-refractivity contribution in [3.05, 3.63) is 24.3 Å². The van der Waals surface area contributed by atoms with Crippen molar-refractivity contribution in [1.82, 2.24) is 0 Å². The fraction of sp³-hybridized carbons (Fsp3) is 0. The molecule has 1 aromatic carbocycles. The van der Waals surface area contributed by atoms with Crippen molar-refractivity contribution in [2.75, 3.05) is 0 Å². The minimum atomic E-state index is -4.74. The van der Waals surface area contributed by atoms with E-state index in [4.69, 9.17) is 0 Å². The van der Waals surface area contributed by atoms with Crippen LogP contribution in [0.5, 0.6) is 0 Å². The van der Waals surface area contributed by atoms with Crippen molar-refractivity contribution in [2.24, 2.45) is 0 Å². The van der Waals surface area contributed by atoms with E-state index in [0.29, 0.717) is 6.07 Å². The van der Waals surface area contributed by atoms with Gasteiger partial charge in [0.15, 0.2) is 0 Å². The largest absolute Gasteiger partial charge is 2.00 e. The molecule has 0 heterocycles. The van der Waals surface area contributed by atoms with Crippen LogP contribution in [0.4, 0.5) is 0 Å². The average molecular weight is 324 g/mol. The Morgan fingerprint density at radius 1 is 0.867 bits per heavy atom. The molecule has 6 nitrogen and oxygen atoms in total. The van der Waals surface area contributed by atoms with Gasteiger partial charge in [-0.15, -0.1) is 0 Å². The van der Waals surface area contributed by atoms with Crippen LogP contribution >= 0.6 is 0 Å². The molecule has 0 aliphatic rings. The molecule has 0 atom stereocenters. The number of hydrogen-bond donors (Lipinski definition) is 0. The maximum Gasteiger partial charge on any atom is 2.00 e. The van der Waals surface area contributed by atoms with Crippen molar-refractivity contribution in [2.45, 2.75) is 9.79 Å². The van der Waals surface area contributed by atoms with Crippen LogP contribution in [0.25, 0.3) is 0 Å². The third-order valence-electron chi connectivity index (χ3n) is 1.38. The maximum absolute atomic E-state index is 10.5. The third kappa shape index (κ3) is 4.49. The van der Waals surface area contributed by atoms with Crippen LogP contribution in [0.3, 0.4) is 0 Å². The van der Waals surface area contributed by atoms with E-state index < -0.39 is 30.0 Å². The van der Waals surface area contributed by atoms with E-state index in [1.807, 2.05) is 0 Å². The van der Waals surface area contributed by atoms with Crippen LogP contribution in [-0.4, -0.2) is 71.4 Å². The van der Waals surface area contributed by atoms with Gasteiger partial charge in [-0.25, -0.2) is 16.8 Å². The van der Waals surface area contributed by atoms with Gasteiger partial charge in [-0.1, -0.05) is 6.07 Å². The molecule has 0 N–H and O–H groups in total. The molecule has 9 heteroatoms. The fourth-order valence-electron chi connectivity index (χ4n) is 0.785. The quantitative estimate of drug-likeness (QED) is 0.515. The molecule has 78 valence electrons. The monoisotopic (exact) mass is 324 g/mol. The first-order valence-corrected chi connectivity index (χ1v) is 6.05. The molecule has 0 radical (unpaired) electrons. The number of hydrogen-bond acceptors (Lipinski definition) is 6. The second-order valence-electron chi connectivity index (χ2n) is 2.38. The van der Waals surface area contributed by atoms with Crippen molar-refractivity contribution in [3.8, 4) is 0 Å². The van der Waals surface area contributed by atoms with Gasteiger partial charge in [0.25, 0.3) is 0 Å². The molecule has 0 fully saturated rings. The first-order valence-electron chi connectivity index (χ1n) is 3.23. The van der Waals surface area contributed by atoms with Gasteiger partial charge < -0.3 is 9.11 Å². The summed E-state index contributed by atoms with van der Waals surface area (Å²) in [5, 5.41) is 0. The van der Waals surface area contributed by atoms with Crippen LogP contribution in [-0.2, 0) is 20.2 Å². The molecule has 0 spiro atoms. The van der Waals surface area contributed by atoms with E-state index in [9.17, 15) is 25.9 Å². The third-order valence-corrected chi connectivity index (χ3v) is 3.05. The van der Waals surface area contributed by atoms with Crippen molar-refractivity contribution < 1.29 is 25.9 Å². The average Bonchev–Trinajstić information content (AvgIpc) is 2.01. The summed E-state index contributed by atoms with van der Waals surface area (Å²) >= 11 is 0. The molecule has 0 amide bonds. The molecule has 15 heavy (non-hydrogen) atoms. The first kappa shape index (κ1) is 15.5. The van der Waals surface area contributed by atoms with E-state index in [0.717, 1.165) is 18.2 Å². The van der Waals surface area contributed by atoms with Gasteiger partial charge in [0.05, 0.1) is 9.79 Å². The fourth-order valence-corrected chi connectivity index (χ4v) is 1.89. The van der Waals surface area contributed by atoms with Gasteiger partial charge in [0.1, 0.15) is 20.2 Å². The minimum absolute atomic E-state index is 0. The molecule has 0 saturated carbocycles. The van der Waals surface area contributed by atoms with E-state index >= 15 is 0 Å². The SMILES string of the molecule is O=S(=O)([O-])c1cccc(S(=O)(=O)[O-])c1.[Sr+2]. The summed E-state index contributed by atoms with van der Waals surface area (Å²) in [6, 6.07) is 3.37. The predicted octanol–water partition coefficient (Wildman–Crippen LogP) is -0.886. The Morgan fingerprint density at radius 3 is 1.47 bits per heavy atom. The molecule has 0 aliphatic heterocycles. The van der Waals surface area contributed by atoms with E-state index in [1.54, 1.807) is 0 Å². The first-order chi connectivity index (χ1) is 6.21. The van der Waals surface area contributed by atoms with Crippen molar-refractivity contribution in [1.29, 1.82) is 0 Å². The summed E-state index contributed by atoms with van der Waals surface area (Å²) in [7, 11) is -9.48. The molecule has 0 unspecified atom stereocenters. The summed E-state index contributed by atoms with van der Waals surface area (Å²) in [6.45, 7) is 0. The number of benzene rings is 1. The molecule has 0 aliphatic carbocycles. The van der Waals surface area contributed by atoms with Crippen LogP contribution in [0.15, 0.2) is 34.1 Å². The standard InChI is InChI=1S/C6H6O6S2.Sr/c7-13(8,9)5-2-1-3-6(4-5)14(10,11)12;/h1-4H,(H,7,8,9)(H,10,11,12);/q;+2/p-2. The summed E-state index contributed by atoms with van der Waals surface area (Å²) in [5.41, 5.74) is 0. The van der Waals surface area contributed by atoms with E-state index in [-0.39, 0.29) is 45.5 Å². The number of rotatable bonds is 2. The Kier molecular flexibility index (Phi) is 5.42. The van der Waals surface area contributed by atoms with Crippen LogP contribution in [0.2, 0.25) is 0 Å². The summed E-state index contributed by atoms with van der Waals surface area (Å²) in [4.78, 5) is -1.48. The minimum Gasteiger partial charge on any atom is -0.744 e. The smallest absolute Gasteiger partial charge is 0.744 e. The van der Waals surface area contributed by atoms with Crippen molar-refractivity contribution in [3.63, 3.8) is 0 Å². The Hall–Kier alpha value is 0.521. The predicted molar refractivity (Wildman–Crippen MR) is 48.1 cm³/mol. The molecule has 1 rings (SSSR count). The van der Waals surface area contributed by atoms with E-state index in [1.165, 1.54) is 0 Å². The van der Waals surface area contributed by atoms with Gasteiger partial charge in [-0.3, -0.25) is 0 Å². The second kappa shape index (κ2) is 5.23. The summed E-state index contributed by atoms with van der Waals surface area (Å²) < 4.78 is 62.8. The Labute approximate surface area is 124 Å². The summed E-state index contributed by atoms with van der Waals surface area (Å²) in [5.74, 6) is 0.